The average Bonchev–Trinajstić information content (AvgIpc) is 2.14. The molecule has 1 saturated carbocycles. The second-order valence-electron chi connectivity index (χ2n) is 1.32. The van der Waals surface area contributed by atoms with Crippen molar-refractivity contribution in [3.63, 3.8) is 0 Å². The molecule has 0 amide bonds. The van der Waals surface area contributed by atoms with E-state index in [9.17, 15) is 0 Å². The number of thioether (sulfide) groups is 1. The third-order valence-electron chi connectivity index (χ3n) is 0.868. The fourth-order valence-electron chi connectivity index (χ4n) is 0.492. The molecule has 1 aliphatic rings. The normalized spacial score (nSPS) is 23.6. The summed E-state index contributed by atoms with van der Waals surface area (Å²) in [6.07, 6.45) is 10.4. The molecular weight excluding hydrogens is 104 g/mol. The minimum atomic E-state index is 1.35. The van der Waals surface area contributed by atoms with Crippen LogP contribution >= 0.6 is 11.8 Å². The molecule has 0 saturated heterocycles. The van der Waals surface area contributed by atoms with Crippen LogP contribution in [0.15, 0.2) is 0 Å². The first-order chi connectivity index (χ1) is 3.43. The van der Waals surface area contributed by atoms with Crippen LogP contribution in [0, 0.1) is 30.9 Å². The number of hydrogen-bond acceptors (Lipinski definition) is 1. The highest BCUT2D eigenvalue weighted by molar-refractivity contribution is 8.01. The van der Waals surface area contributed by atoms with E-state index in [1.807, 2.05) is 12.8 Å². The number of hydrogen-bond donors (Lipinski definition) is 0. The molecule has 1 heteroatoms. The van der Waals surface area contributed by atoms with Crippen molar-refractivity contribution in [2.75, 3.05) is 6.26 Å². The van der Waals surface area contributed by atoms with E-state index >= 15 is 0 Å². The van der Waals surface area contributed by atoms with Crippen LogP contribution in [-0.4, -0.2) is 6.26 Å². The Balaban J connectivity index is 2.14. The van der Waals surface area contributed by atoms with Gasteiger partial charge in [-0.05, 0) is 31.9 Å². The molecule has 1 fully saturated rings. The first kappa shape index (κ1) is 5.49. The Hall–Kier alpha value is 0.350. The summed E-state index contributed by atoms with van der Waals surface area (Å²) in [5, 5.41) is 1.35. The molecule has 0 aromatic carbocycles. The van der Waals surface area contributed by atoms with Crippen LogP contribution < -0.4 is 0 Å². The first-order valence-corrected chi connectivity index (χ1v) is 3.41. The van der Waals surface area contributed by atoms with Gasteiger partial charge in [0.2, 0.25) is 0 Å². The second kappa shape index (κ2) is 2.61. The molecule has 0 bridgehead atoms. The Morgan fingerprint density at radius 1 is 1.29 bits per heavy atom. The quantitative estimate of drug-likeness (QED) is 0.496. The maximum absolute atomic E-state index is 2.10. The standard InChI is InChI=1S/C6H7S/c1-7-6-4-2-3-5-6/h2-5H,1H3. The monoisotopic (exact) mass is 111 g/mol. The summed E-state index contributed by atoms with van der Waals surface area (Å²) in [6, 6.07) is 0. The lowest BCUT2D eigenvalue weighted by Gasteiger charge is -1.97. The maximum Gasteiger partial charge on any atom is 0.0378 e. The topological polar surface area (TPSA) is 0 Å². The van der Waals surface area contributed by atoms with Crippen molar-refractivity contribution in [1.29, 1.82) is 0 Å². The highest BCUT2D eigenvalue weighted by Crippen LogP contribution is 2.31. The van der Waals surface area contributed by atoms with E-state index in [1.54, 1.807) is 11.8 Å². The zero-order chi connectivity index (χ0) is 5.11. The predicted octanol–water partition coefficient (Wildman–Crippen LogP) is 1.71. The van der Waals surface area contributed by atoms with E-state index in [2.05, 4.69) is 19.1 Å². The van der Waals surface area contributed by atoms with Gasteiger partial charge in [-0.25, -0.2) is 0 Å². The van der Waals surface area contributed by atoms with Crippen LogP contribution in [-0.2, 0) is 0 Å². The van der Waals surface area contributed by atoms with Crippen LogP contribution in [0.1, 0.15) is 0 Å². The Morgan fingerprint density at radius 2 is 1.86 bits per heavy atom. The van der Waals surface area contributed by atoms with Gasteiger partial charge in [-0.1, -0.05) is 0 Å². The zero-order valence-electron chi connectivity index (χ0n) is 4.22. The maximum atomic E-state index is 2.10. The van der Waals surface area contributed by atoms with Crippen LogP contribution in [0.25, 0.3) is 0 Å². The molecule has 0 aromatic heterocycles. The van der Waals surface area contributed by atoms with Gasteiger partial charge < -0.3 is 0 Å². The summed E-state index contributed by atoms with van der Waals surface area (Å²) in [4.78, 5) is 0. The fourth-order valence-corrected chi connectivity index (χ4v) is 0.922. The molecule has 0 spiro atoms. The van der Waals surface area contributed by atoms with Gasteiger partial charge in [-0.15, -0.1) is 0 Å². The molecule has 0 nitrogen and oxygen atoms in total. The van der Waals surface area contributed by atoms with Gasteiger partial charge in [0.25, 0.3) is 0 Å². The second-order valence-corrected chi connectivity index (χ2v) is 2.20. The van der Waals surface area contributed by atoms with E-state index in [0.717, 1.165) is 0 Å². The minimum Gasteiger partial charge on any atom is -0.156 e. The van der Waals surface area contributed by atoms with Crippen LogP contribution in [0.3, 0.4) is 0 Å². The molecular formula is C6H7S. The molecule has 5 radical (unpaired) electrons. The predicted molar refractivity (Wildman–Crippen MR) is 34.0 cm³/mol. The molecule has 0 atom stereocenters. The highest BCUT2D eigenvalue weighted by Gasteiger charge is 2.14. The van der Waals surface area contributed by atoms with E-state index in [-0.39, 0.29) is 0 Å². The molecule has 37 valence electrons. The van der Waals surface area contributed by atoms with Gasteiger partial charge in [0.1, 0.15) is 0 Å². The summed E-state index contributed by atoms with van der Waals surface area (Å²) >= 11 is 1.78. The van der Waals surface area contributed by atoms with Gasteiger partial charge in [0, 0.05) is 5.25 Å². The summed E-state index contributed by atoms with van der Waals surface area (Å²) in [5.74, 6) is 0. The third-order valence-corrected chi connectivity index (χ3v) is 1.61. The largest absolute Gasteiger partial charge is 0.156 e. The molecule has 1 rings (SSSR count). The SMILES string of the molecule is CS[C]1[CH][CH][CH][CH]1. The summed E-state index contributed by atoms with van der Waals surface area (Å²) in [6.45, 7) is 0. The summed E-state index contributed by atoms with van der Waals surface area (Å²) in [7, 11) is 0. The average molecular weight is 111 g/mol. The van der Waals surface area contributed by atoms with Gasteiger partial charge in [0.15, 0.2) is 0 Å². The van der Waals surface area contributed by atoms with Crippen molar-refractivity contribution in [3.8, 4) is 0 Å². The third kappa shape index (κ3) is 1.37. The fraction of sp³-hybridized carbons (Fsp3) is 0.167. The lowest BCUT2D eigenvalue weighted by Crippen LogP contribution is -1.79. The van der Waals surface area contributed by atoms with Crippen molar-refractivity contribution < 1.29 is 0 Å². The molecule has 0 N–H and O–H groups in total. The molecule has 0 heterocycles. The zero-order valence-corrected chi connectivity index (χ0v) is 5.03. The summed E-state index contributed by atoms with van der Waals surface area (Å²) in [5.41, 5.74) is 0. The molecule has 7 heavy (non-hydrogen) atoms. The Labute approximate surface area is 49.7 Å². The van der Waals surface area contributed by atoms with Crippen molar-refractivity contribution in [1.82, 2.24) is 0 Å². The van der Waals surface area contributed by atoms with Gasteiger partial charge >= 0.3 is 0 Å². The van der Waals surface area contributed by atoms with Gasteiger partial charge in [0.05, 0.1) is 0 Å². The van der Waals surface area contributed by atoms with E-state index < -0.39 is 0 Å². The molecule has 0 aliphatic heterocycles. The van der Waals surface area contributed by atoms with Gasteiger partial charge in [-0.3, -0.25) is 0 Å². The van der Waals surface area contributed by atoms with Gasteiger partial charge in [-0.2, -0.15) is 11.8 Å². The lowest BCUT2D eigenvalue weighted by molar-refractivity contribution is 1.55. The Bertz CT molecular complexity index is 46.1. The van der Waals surface area contributed by atoms with E-state index in [4.69, 9.17) is 0 Å². The lowest BCUT2D eigenvalue weighted by atomic mass is 10.4. The van der Waals surface area contributed by atoms with Crippen LogP contribution in [0.2, 0.25) is 0 Å². The molecule has 1 aliphatic carbocycles. The Kier molecular flexibility index (Phi) is 2.04. The molecule has 0 unspecified atom stereocenters. The first-order valence-electron chi connectivity index (χ1n) is 2.19. The summed E-state index contributed by atoms with van der Waals surface area (Å²) < 4.78 is 0. The number of rotatable bonds is 1. The van der Waals surface area contributed by atoms with Crippen molar-refractivity contribution in [3.05, 3.63) is 30.9 Å². The van der Waals surface area contributed by atoms with Crippen molar-refractivity contribution >= 4 is 11.8 Å². The smallest absolute Gasteiger partial charge is 0.0378 e. The highest BCUT2D eigenvalue weighted by atomic mass is 32.2. The van der Waals surface area contributed by atoms with Crippen molar-refractivity contribution in [2.24, 2.45) is 0 Å². The Morgan fingerprint density at radius 3 is 2.14 bits per heavy atom. The molecule has 0 aromatic rings. The van der Waals surface area contributed by atoms with Crippen molar-refractivity contribution in [2.45, 2.75) is 0 Å². The van der Waals surface area contributed by atoms with Crippen LogP contribution in [0.4, 0.5) is 0 Å². The van der Waals surface area contributed by atoms with Crippen LogP contribution in [0.5, 0.6) is 0 Å². The minimum absolute atomic E-state index is 1.35. The van der Waals surface area contributed by atoms with E-state index in [0.29, 0.717) is 0 Å². The van der Waals surface area contributed by atoms with E-state index in [1.165, 1.54) is 5.25 Å².